The summed E-state index contributed by atoms with van der Waals surface area (Å²) in [5.41, 5.74) is 12.2. The second kappa shape index (κ2) is 6.01. The summed E-state index contributed by atoms with van der Waals surface area (Å²) in [4.78, 5) is 22.7. The molecule has 1 aliphatic heterocycles. The first kappa shape index (κ1) is 16.4. The smallest absolute Gasteiger partial charge is 0.338 e. The maximum atomic E-state index is 12.2. The third-order valence-electron chi connectivity index (χ3n) is 5.21. The number of nitrogens with two attached hydrogens (primary N) is 2. The average molecular weight is 351 g/mol. The molecule has 2 aromatic rings. The number of carboxylic acids is 1. The second-order valence-electron chi connectivity index (χ2n) is 6.80. The van der Waals surface area contributed by atoms with Crippen LogP contribution in [0.15, 0.2) is 46.4 Å². The number of benzene rings is 2. The Morgan fingerprint density at radius 1 is 1.08 bits per heavy atom. The molecule has 7 heteroatoms. The van der Waals surface area contributed by atoms with Crippen LogP contribution in [-0.2, 0) is 0 Å². The van der Waals surface area contributed by atoms with Gasteiger partial charge in [0.05, 0.1) is 11.3 Å². The van der Waals surface area contributed by atoms with E-state index in [9.17, 15) is 9.90 Å². The van der Waals surface area contributed by atoms with Gasteiger partial charge in [-0.25, -0.2) is 9.79 Å². The van der Waals surface area contributed by atoms with E-state index in [4.69, 9.17) is 11.5 Å². The lowest BCUT2D eigenvalue weighted by Crippen LogP contribution is -2.58. The molecule has 2 aliphatic rings. The van der Waals surface area contributed by atoms with E-state index in [1.165, 1.54) is 0 Å². The molecule has 0 unspecified atom stereocenters. The predicted octanol–water partition coefficient (Wildman–Crippen LogP) is 2.65. The van der Waals surface area contributed by atoms with Gasteiger partial charge in [-0.3, -0.25) is 4.90 Å². The highest BCUT2D eigenvalue weighted by Crippen LogP contribution is 2.41. The summed E-state index contributed by atoms with van der Waals surface area (Å²) in [6, 6.07) is 11.1. The molecular weight excluding hydrogens is 330 g/mol. The molecule has 7 nitrogen and oxygen atoms in total. The number of fused-ring (bicyclic) bond motifs is 1. The summed E-state index contributed by atoms with van der Waals surface area (Å²) in [7, 11) is 0. The highest BCUT2D eigenvalue weighted by atomic mass is 16.4. The minimum absolute atomic E-state index is 0.151. The highest BCUT2D eigenvalue weighted by Gasteiger charge is 2.44. The fourth-order valence-electron chi connectivity index (χ4n) is 4.14. The van der Waals surface area contributed by atoms with E-state index in [1.54, 1.807) is 11.0 Å². The molecular formula is C19H21N5O2. The van der Waals surface area contributed by atoms with Gasteiger partial charge in [0.1, 0.15) is 5.66 Å². The van der Waals surface area contributed by atoms with E-state index in [0.29, 0.717) is 11.1 Å². The number of carboxylic acid groups (broad SMARTS) is 1. The van der Waals surface area contributed by atoms with Gasteiger partial charge in [-0.1, -0.05) is 36.8 Å². The molecule has 0 atom stereocenters. The van der Waals surface area contributed by atoms with Gasteiger partial charge in [0.2, 0.25) is 11.9 Å². The molecule has 4 rings (SSSR count). The fourth-order valence-corrected chi connectivity index (χ4v) is 4.14. The number of hydrogen-bond acceptors (Lipinski definition) is 6. The summed E-state index contributed by atoms with van der Waals surface area (Å²) >= 11 is 0. The molecule has 0 bridgehead atoms. The predicted molar refractivity (Wildman–Crippen MR) is 102 cm³/mol. The van der Waals surface area contributed by atoms with Crippen LogP contribution in [0.3, 0.4) is 0 Å². The Hall–Kier alpha value is -3.09. The van der Waals surface area contributed by atoms with E-state index < -0.39 is 11.6 Å². The van der Waals surface area contributed by atoms with Gasteiger partial charge >= 0.3 is 5.97 Å². The Labute approximate surface area is 151 Å². The Kier molecular flexibility index (Phi) is 3.79. The number of aromatic carboxylic acids is 1. The minimum Gasteiger partial charge on any atom is -0.478 e. The van der Waals surface area contributed by atoms with Crippen LogP contribution < -0.4 is 16.4 Å². The minimum atomic E-state index is -1.00. The normalized spacial score (nSPS) is 19.3. The summed E-state index contributed by atoms with van der Waals surface area (Å²) in [6.45, 7) is 0. The van der Waals surface area contributed by atoms with Crippen molar-refractivity contribution in [3.8, 4) is 0 Å². The third-order valence-corrected chi connectivity index (χ3v) is 5.21. The van der Waals surface area contributed by atoms with E-state index >= 15 is 0 Å². The van der Waals surface area contributed by atoms with Crippen molar-refractivity contribution >= 4 is 34.3 Å². The Bertz CT molecular complexity index is 944. The fraction of sp³-hybridized carbons (Fsp3) is 0.316. The van der Waals surface area contributed by atoms with Crippen LogP contribution in [-0.4, -0.2) is 28.7 Å². The van der Waals surface area contributed by atoms with E-state index in [1.807, 2.05) is 30.3 Å². The van der Waals surface area contributed by atoms with Crippen LogP contribution in [0.4, 0.5) is 5.69 Å². The summed E-state index contributed by atoms with van der Waals surface area (Å²) in [5, 5.41) is 11.5. The van der Waals surface area contributed by atoms with Crippen molar-refractivity contribution in [2.45, 2.75) is 37.8 Å². The average Bonchev–Trinajstić information content (AvgIpc) is 2.61. The van der Waals surface area contributed by atoms with Crippen molar-refractivity contribution in [1.29, 1.82) is 0 Å². The Morgan fingerprint density at radius 2 is 1.81 bits per heavy atom. The largest absolute Gasteiger partial charge is 0.478 e. The zero-order valence-corrected chi connectivity index (χ0v) is 14.4. The number of rotatable bonds is 2. The van der Waals surface area contributed by atoms with Crippen LogP contribution >= 0.6 is 0 Å². The third kappa shape index (κ3) is 2.47. The number of hydrogen-bond donors (Lipinski definition) is 3. The molecule has 134 valence electrons. The van der Waals surface area contributed by atoms with Crippen molar-refractivity contribution in [1.82, 2.24) is 0 Å². The van der Waals surface area contributed by atoms with Gasteiger partial charge in [0.25, 0.3) is 0 Å². The number of guanidine groups is 2. The number of anilines is 1. The standard InChI is InChI=1S/C19H21N5O2/c20-17-22-18(21)24(19(23-17)10-4-1-5-11-19)14-9-8-12-6-2-3-7-13(12)15(14)16(25)26/h2-3,6-9H,1,4-5,10-11H2,(H,25,26)(H4,20,21,22,23). The monoisotopic (exact) mass is 351 g/mol. The van der Waals surface area contributed by atoms with Gasteiger partial charge in [-0.2, -0.15) is 4.99 Å². The summed E-state index contributed by atoms with van der Waals surface area (Å²) < 4.78 is 0. The summed E-state index contributed by atoms with van der Waals surface area (Å²) in [6.07, 6.45) is 4.60. The van der Waals surface area contributed by atoms with Crippen molar-refractivity contribution in [2.75, 3.05) is 4.90 Å². The van der Waals surface area contributed by atoms with Crippen LogP contribution in [0.2, 0.25) is 0 Å². The van der Waals surface area contributed by atoms with Crippen LogP contribution in [0, 0.1) is 0 Å². The zero-order valence-electron chi connectivity index (χ0n) is 14.4. The van der Waals surface area contributed by atoms with E-state index in [2.05, 4.69) is 9.98 Å². The lowest BCUT2D eigenvalue weighted by molar-refractivity contribution is 0.0699. The number of aliphatic imine (C=N–C) groups is 2. The van der Waals surface area contributed by atoms with Crippen molar-refractivity contribution in [2.24, 2.45) is 21.5 Å². The molecule has 1 spiro atoms. The summed E-state index contributed by atoms with van der Waals surface area (Å²) in [5.74, 6) is -0.659. The highest BCUT2D eigenvalue weighted by molar-refractivity contribution is 6.14. The van der Waals surface area contributed by atoms with Crippen molar-refractivity contribution in [3.63, 3.8) is 0 Å². The van der Waals surface area contributed by atoms with E-state index in [-0.39, 0.29) is 17.5 Å². The SMILES string of the molecule is NC1=NC2(CCCCC2)N(c2ccc3ccccc3c2C(=O)O)C(N)=N1. The lowest BCUT2D eigenvalue weighted by atomic mass is 9.86. The quantitative estimate of drug-likeness (QED) is 0.769. The molecule has 0 radical (unpaired) electrons. The Morgan fingerprint density at radius 3 is 2.54 bits per heavy atom. The lowest BCUT2D eigenvalue weighted by Gasteiger charge is -2.46. The first-order chi connectivity index (χ1) is 12.5. The zero-order chi connectivity index (χ0) is 18.3. The van der Waals surface area contributed by atoms with E-state index in [0.717, 1.165) is 37.5 Å². The van der Waals surface area contributed by atoms with Crippen LogP contribution in [0.25, 0.3) is 10.8 Å². The molecule has 2 aromatic carbocycles. The molecule has 26 heavy (non-hydrogen) atoms. The number of carbonyl (C=O) groups is 1. The molecule has 1 aliphatic carbocycles. The molecule has 0 amide bonds. The molecule has 0 aromatic heterocycles. The molecule has 1 fully saturated rings. The number of nitrogens with zero attached hydrogens (tertiary/aromatic N) is 3. The van der Waals surface area contributed by atoms with Crippen molar-refractivity contribution < 1.29 is 9.90 Å². The van der Waals surface area contributed by atoms with Gasteiger partial charge in [0.15, 0.2) is 0 Å². The van der Waals surface area contributed by atoms with Crippen molar-refractivity contribution in [3.05, 3.63) is 42.0 Å². The first-order valence-electron chi connectivity index (χ1n) is 8.77. The topological polar surface area (TPSA) is 117 Å². The van der Waals surface area contributed by atoms with Gasteiger partial charge in [0, 0.05) is 0 Å². The maximum Gasteiger partial charge on any atom is 0.338 e. The second-order valence-corrected chi connectivity index (χ2v) is 6.80. The maximum absolute atomic E-state index is 12.2. The van der Waals surface area contributed by atoms with Gasteiger partial charge in [-0.15, -0.1) is 0 Å². The molecule has 0 saturated heterocycles. The van der Waals surface area contributed by atoms with Crippen LogP contribution in [0.5, 0.6) is 0 Å². The molecule has 1 heterocycles. The van der Waals surface area contributed by atoms with Gasteiger partial charge in [-0.05, 0) is 42.5 Å². The molecule has 1 saturated carbocycles. The van der Waals surface area contributed by atoms with Gasteiger partial charge < -0.3 is 16.6 Å². The Balaban J connectivity index is 1.97. The molecule has 5 N–H and O–H groups in total. The first-order valence-corrected chi connectivity index (χ1v) is 8.77. The van der Waals surface area contributed by atoms with Crippen LogP contribution in [0.1, 0.15) is 42.5 Å².